The van der Waals surface area contributed by atoms with E-state index in [0.29, 0.717) is 6.61 Å². The molecule has 0 spiro atoms. The zero-order chi connectivity index (χ0) is 14.2. The van der Waals surface area contributed by atoms with Crippen LogP contribution in [-0.4, -0.2) is 8.42 Å². The quantitative estimate of drug-likeness (QED) is 0.944. The van der Waals surface area contributed by atoms with Gasteiger partial charge >= 0.3 is 0 Å². The molecule has 1 heterocycles. The van der Waals surface area contributed by atoms with Crippen LogP contribution in [0.4, 0.5) is 0 Å². The van der Waals surface area contributed by atoms with Crippen LogP contribution in [0.15, 0.2) is 53.4 Å². The first kappa shape index (κ1) is 13.3. The van der Waals surface area contributed by atoms with Crippen LogP contribution < -0.4 is 4.72 Å². The summed E-state index contributed by atoms with van der Waals surface area (Å²) in [5, 5.41) is 0. The lowest BCUT2D eigenvalue weighted by Crippen LogP contribution is -2.28. The zero-order valence-corrected chi connectivity index (χ0v) is 11.9. The highest BCUT2D eigenvalue weighted by Crippen LogP contribution is 2.29. The second-order valence-corrected chi connectivity index (χ2v) is 6.54. The SMILES string of the molecule is Cc1ccc(S(=O)(=O)NC2OCc3ccccc32)cc1. The summed E-state index contributed by atoms with van der Waals surface area (Å²) in [5.74, 6) is 0. The van der Waals surface area contributed by atoms with Crippen molar-refractivity contribution in [1.82, 2.24) is 4.72 Å². The molecular weight excluding hydrogens is 274 g/mol. The maximum absolute atomic E-state index is 12.3. The van der Waals surface area contributed by atoms with Crippen LogP contribution in [0.2, 0.25) is 0 Å². The van der Waals surface area contributed by atoms with Gasteiger partial charge < -0.3 is 4.74 Å². The van der Waals surface area contributed by atoms with Crippen molar-refractivity contribution in [3.63, 3.8) is 0 Å². The summed E-state index contributed by atoms with van der Waals surface area (Å²) in [4.78, 5) is 0.246. The Labute approximate surface area is 118 Å². The van der Waals surface area contributed by atoms with Gasteiger partial charge in [-0.05, 0) is 24.6 Å². The number of ether oxygens (including phenoxy) is 1. The number of fused-ring (bicyclic) bond motifs is 1. The molecule has 0 radical (unpaired) electrons. The van der Waals surface area contributed by atoms with Crippen molar-refractivity contribution in [1.29, 1.82) is 0 Å². The Kier molecular flexibility index (Phi) is 3.33. The topological polar surface area (TPSA) is 55.4 Å². The van der Waals surface area contributed by atoms with E-state index in [0.717, 1.165) is 16.7 Å². The monoisotopic (exact) mass is 289 g/mol. The van der Waals surface area contributed by atoms with Gasteiger partial charge in [0.2, 0.25) is 10.0 Å². The fourth-order valence-electron chi connectivity index (χ4n) is 2.21. The summed E-state index contributed by atoms with van der Waals surface area (Å²) in [6.07, 6.45) is -0.613. The third kappa shape index (κ3) is 2.47. The van der Waals surface area contributed by atoms with Crippen LogP contribution in [0.5, 0.6) is 0 Å². The van der Waals surface area contributed by atoms with Gasteiger partial charge in [-0.3, -0.25) is 0 Å². The smallest absolute Gasteiger partial charge is 0.242 e. The van der Waals surface area contributed by atoms with Crippen LogP contribution in [-0.2, 0) is 21.4 Å². The third-order valence-corrected chi connectivity index (χ3v) is 4.75. The molecule has 5 heteroatoms. The molecule has 0 saturated heterocycles. The van der Waals surface area contributed by atoms with Gasteiger partial charge in [0.25, 0.3) is 0 Å². The van der Waals surface area contributed by atoms with Gasteiger partial charge in [-0.2, -0.15) is 4.72 Å². The van der Waals surface area contributed by atoms with Crippen molar-refractivity contribution in [2.24, 2.45) is 0 Å². The maximum atomic E-state index is 12.3. The fourth-order valence-corrected chi connectivity index (χ4v) is 3.32. The summed E-state index contributed by atoms with van der Waals surface area (Å²) >= 11 is 0. The minimum Gasteiger partial charge on any atom is -0.353 e. The largest absolute Gasteiger partial charge is 0.353 e. The van der Waals surface area contributed by atoms with Gasteiger partial charge in [-0.1, -0.05) is 42.0 Å². The molecule has 0 fully saturated rings. The van der Waals surface area contributed by atoms with E-state index in [2.05, 4.69) is 4.72 Å². The second-order valence-electron chi connectivity index (χ2n) is 4.82. The molecule has 2 aromatic carbocycles. The van der Waals surface area contributed by atoms with Crippen molar-refractivity contribution in [3.05, 3.63) is 65.2 Å². The Bertz CT molecular complexity index is 723. The fraction of sp³-hybridized carbons (Fsp3) is 0.200. The molecule has 1 unspecified atom stereocenters. The predicted octanol–water partition coefficient (Wildman–Crippen LogP) is 2.50. The lowest BCUT2D eigenvalue weighted by molar-refractivity contribution is 0.0585. The highest BCUT2D eigenvalue weighted by atomic mass is 32.2. The Balaban J connectivity index is 1.86. The van der Waals surface area contributed by atoms with Crippen molar-refractivity contribution < 1.29 is 13.2 Å². The first-order chi connectivity index (χ1) is 9.56. The van der Waals surface area contributed by atoms with Gasteiger partial charge in [0.1, 0.15) is 6.23 Å². The summed E-state index contributed by atoms with van der Waals surface area (Å²) in [7, 11) is -3.58. The average molecular weight is 289 g/mol. The summed E-state index contributed by atoms with van der Waals surface area (Å²) in [5.41, 5.74) is 2.92. The normalized spacial score (nSPS) is 17.9. The van der Waals surface area contributed by atoms with Crippen LogP contribution in [0.3, 0.4) is 0 Å². The molecular formula is C15H15NO3S. The van der Waals surface area contributed by atoms with E-state index in [1.54, 1.807) is 24.3 Å². The molecule has 1 N–H and O–H groups in total. The van der Waals surface area contributed by atoms with Gasteiger partial charge in [-0.15, -0.1) is 0 Å². The summed E-state index contributed by atoms with van der Waals surface area (Å²) in [6, 6.07) is 14.4. The molecule has 4 nitrogen and oxygen atoms in total. The molecule has 0 aliphatic carbocycles. The minimum absolute atomic E-state index is 0.246. The lowest BCUT2D eigenvalue weighted by Gasteiger charge is -2.14. The van der Waals surface area contributed by atoms with Gasteiger partial charge in [0.15, 0.2) is 0 Å². The number of hydrogen-bond acceptors (Lipinski definition) is 3. The Morgan fingerprint density at radius 2 is 1.80 bits per heavy atom. The van der Waals surface area contributed by atoms with E-state index >= 15 is 0 Å². The average Bonchev–Trinajstić information content (AvgIpc) is 2.82. The van der Waals surface area contributed by atoms with E-state index in [1.165, 1.54) is 0 Å². The standard InChI is InChI=1S/C15H15NO3S/c1-11-6-8-13(9-7-11)20(17,18)16-15-14-5-3-2-4-12(14)10-19-15/h2-9,15-16H,10H2,1H3. The zero-order valence-electron chi connectivity index (χ0n) is 11.0. The summed E-state index contributed by atoms with van der Waals surface area (Å²) < 4.78 is 32.7. The van der Waals surface area contributed by atoms with Crippen molar-refractivity contribution in [2.45, 2.75) is 24.7 Å². The van der Waals surface area contributed by atoms with Gasteiger partial charge in [0, 0.05) is 5.56 Å². The molecule has 1 atom stereocenters. The first-order valence-corrected chi connectivity index (χ1v) is 7.83. The first-order valence-electron chi connectivity index (χ1n) is 6.35. The molecule has 0 amide bonds. The highest BCUT2D eigenvalue weighted by molar-refractivity contribution is 7.89. The number of nitrogens with one attached hydrogen (secondary N) is 1. The van der Waals surface area contributed by atoms with Gasteiger partial charge in [0.05, 0.1) is 11.5 Å². The Morgan fingerprint density at radius 3 is 2.55 bits per heavy atom. The Morgan fingerprint density at radius 1 is 1.10 bits per heavy atom. The van der Waals surface area contributed by atoms with Crippen LogP contribution in [0, 0.1) is 6.92 Å². The van der Waals surface area contributed by atoms with E-state index in [1.807, 2.05) is 31.2 Å². The molecule has 0 saturated carbocycles. The highest BCUT2D eigenvalue weighted by Gasteiger charge is 2.27. The molecule has 0 aromatic heterocycles. The summed E-state index contributed by atoms with van der Waals surface area (Å²) in [6.45, 7) is 2.34. The number of sulfonamides is 1. The lowest BCUT2D eigenvalue weighted by atomic mass is 10.1. The van der Waals surface area contributed by atoms with E-state index < -0.39 is 16.3 Å². The molecule has 2 aromatic rings. The predicted molar refractivity (Wildman–Crippen MR) is 75.5 cm³/mol. The van der Waals surface area contributed by atoms with Crippen molar-refractivity contribution in [2.75, 3.05) is 0 Å². The molecule has 1 aliphatic heterocycles. The van der Waals surface area contributed by atoms with Crippen molar-refractivity contribution >= 4 is 10.0 Å². The van der Waals surface area contributed by atoms with Crippen LogP contribution in [0.25, 0.3) is 0 Å². The molecule has 3 rings (SSSR count). The second kappa shape index (κ2) is 5.01. The Hall–Kier alpha value is -1.69. The molecule has 104 valence electrons. The number of hydrogen-bond donors (Lipinski definition) is 1. The maximum Gasteiger partial charge on any atom is 0.242 e. The molecule has 1 aliphatic rings. The van der Waals surface area contributed by atoms with Crippen molar-refractivity contribution in [3.8, 4) is 0 Å². The molecule has 20 heavy (non-hydrogen) atoms. The number of aryl methyl sites for hydroxylation is 1. The van der Waals surface area contributed by atoms with Gasteiger partial charge in [-0.25, -0.2) is 8.42 Å². The van der Waals surface area contributed by atoms with E-state index in [-0.39, 0.29) is 4.90 Å². The number of rotatable bonds is 3. The number of benzene rings is 2. The minimum atomic E-state index is -3.58. The van der Waals surface area contributed by atoms with Crippen LogP contribution in [0.1, 0.15) is 22.9 Å². The van der Waals surface area contributed by atoms with E-state index in [4.69, 9.17) is 4.74 Å². The van der Waals surface area contributed by atoms with Crippen LogP contribution >= 0.6 is 0 Å². The van der Waals surface area contributed by atoms with E-state index in [9.17, 15) is 8.42 Å². The third-order valence-electron chi connectivity index (χ3n) is 3.34. The molecule has 0 bridgehead atoms.